The van der Waals surface area contributed by atoms with E-state index in [0.29, 0.717) is 0 Å². The van der Waals surface area contributed by atoms with Gasteiger partial charge >= 0.3 is 0 Å². The summed E-state index contributed by atoms with van der Waals surface area (Å²) in [6, 6.07) is 17.6. The average molecular weight is 646 g/mol. The van der Waals surface area contributed by atoms with Gasteiger partial charge in [0.1, 0.15) is 0 Å². The largest absolute Gasteiger partial charge is 0.748 e. The summed E-state index contributed by atoms with van der Waals surface area (Å²) in [6.45, 7) is 9.36. The predicted molar refractivity (Wildman–Crippen MR) is 192 cm³/mol. The van der Waals surface area contributed by atoms with E-state index in [1.165, 1.54) is 153 Å². The number of hydrogen-bond acceptors (Lipinski definition) is 0. The quantitative estimate of drug-likeness (QED) is 0.0542. The summed E-state index contributed by atoms with van der Waals surface area (Å²) in [5, 5.41) is 3.72. The zero-order valence-electron chi connectivity index (χ0n) is 27.8. The van der Waals surface area contributed by atoms with Gasteiger partial charge in [-0.2, -0.15) is 6.07 Å². The van der Waals surface area contributed by atoms with Crippen LogP contribution in [0.25, 0.3) is 0 Å². The second kappa shape index (κ2) is 31.5. The SMILES string of the molecule is CCCCCCCP(CCCCCCC)c1ccc[c-]1P(CCCCCCC)CCCCCCC.[Co].[cH-]1[cH-][cH-][cH-][cH-]1. The molecule has 0 saturated carbocycles. The van der Waals surface area contributed by atoms with Crippen molar-refractivity contribution in [3.63, 3.8) is 0 Å². The van der Waals surface area contributed by atoms with Crippen molar-refractivity contribution in [3.05, 3.63) is 48.5 Å². The van der Waals surface area contributed by atoms with Crippen LogP contribution in [0.4, 0.5) is 0 Å². The van der Waals surface area contributed by atoms with Crippen LogP contribution in [-0.4, -0.2) is 24.6 Å². The summed E-state index contributed by atoms with van der Waals surface area (Å²) in [5.41, 5.74) is 0. The molecule has 0 unspecified atom stereocenters. The molecule has 0 fully saturated rings. The predicted octanol–water partition coefficient (Wildman–Crippen LogP) is 12.9. The van der Waals surface area contributed by atoms with Gasteiger partial charge in [-0.3, -0.25) is 0 Å². The smallest absolute Gasteiger partial charge is 0 e. The Balaban J connectivity index is 0.00000239. The van der Waals surface area contributed by atoms with E-state index in [0.717, 1.165) is 0 Å². The van der Waals surface area contributed by atoms with E-state index in [4.69, 9.17) is 0 Å². The van der Waals surface area contributed by atoms with Gasteiger partial charge in [-0.05, 0) is 50.3 Å². The molecule has 0 aliphatic rings. The molecule has 1 radical (unpaired) electrons. The van der Waals surface area contributed by atoms with Gasteiger partial charge in [0.25, 0.3) is 0 Å². The molecule has 0 aliphatic carbocycles. The maximum absolute atomic E-state index is 2.59. The summed E-state index contributed by atoms with van der Waals surface area (Å²) >= 11 is 0. The van der Waals surface area contributed by atoms with Crippen LogP contribution in [0.2, 0.25) is 0 Å². The van der Waals surface area contributed by atoms with Gasteiger partial charge in [0.2, 0.25) is 0 Å². The molecule has 0 aliphatic heterocycles. The van der Waals surface area contributed by atoms with Crippen molar-refractivity contribution in [1.82, 2.24) is 0 Å². The normalized spacial score (nSPS) is 11.1. The van der Waals surface area contributed by atoms with Crippen LogP contribution in [0.5, 0.6) is 0 Å². The molecule has 2 rings (SSSR count). The first-order valence-electron chi connectivity index (χ1n) is 17.7. The topological polar surface area (TPSA) is 0 Å². The van der Waals surface area contributed by atoms with Gasteiger partial charge < -0.3 is 30.3 Å². The third-order valence-corrected chi connectivity index (χ3v) is 13.9. The first kappa shape index (κ1) is 41.1. The Bertz CT molecular complexity index is 631. The van der Waals surface area contributed by atoms with Crippen molar-refractivity contribution < 1.29 is 16.8 Å². The van der Waals surface area contributed by atoms with Crippen molar-refractivity contribution in [2.45, 2.75) is 156 Å². The molecular formula is C38H68CoP2-6. The standard InChI is InChI=1S/C33H63P2.C5H5.Co/c1-5-9-13-17-21-28-34(29-22-18-14-10-6-2)32-26-25-27-33(32)35(30-23-19-15-11-7-3)31-24-20-16-12-8-4;1-2-4-5-3-1;/h25-27H,5-24,28-31H2,1-4H3;1-5H;/q-1;-5;. The Hall–Kier alpha value is 0.0665. The van der Waals surface area contributed by atoms with Gasteiger partial charge in [0, 0.05) is 16.8 Å². The molecule has 0 bridgehead atoms. The average Bonchev–Trinajstić information content (AvgIpc) is 3.71. The maximum atomic E-state index is 2.59. The number of rotatable bonds is 26. The fourth-order valence-electron chi connectivity index (χ4n) is 5.59. The Kier molecular flexibility index (Phi) is 31.5. The summed E-state index contributed by atoms with van der Waals surface area (Å²) in [5.74, 6) is 0. The molecule has 3 heteroatoms. The molecule has 41 heavy (non-hydrogen) atoms. The minimum absolute atomic E-state index is 0. The molecule has 0 heterocycles. The first-order valence-corrected chi connectivity index (χ1v) is 21.1. The van der Waals surface area contributed by atoms with E-state index in [-0.39, 0.29) is 32.6 Å². The molecule has 2 aromatic carbocycles. The van der Waals surface area contributed by atoms with E-state index in [9.17, 15) is 0 Å². The van der Waals surface area contributed by atoms with Gasteiger partial charge in [-0.1, -0.05) is 130 Å². The van der Waals surface area contributed by atoms with Crippen LogP contribution in [0.3, 0.4) is 0 Å². The Morgan fingerprint density at radius 3 is 1.20 bits per heavy atom. The van der Waals surface area contributed by atoms with Crippen LogP contribution in [0, 0.1) is 0 Å². The fraction of sp³-hybridized carbons (Fsp3) is 0.737. The Morgan fingerprint density at radius 2 is 0.829 bits per heavy atom. The van der Waals surface area contributed by atoms with E-state index < -0.39 is 0 Å². The summed E-state index contributed by atoms with van der Waals surface area (Å²) < 4.78 is 0. The van der Waals surface area contributed by atoms with Crippen molar-refractivity contribution in [1.29, 1.82) is 0 Å². The van der Waals surface area contributed by atoms with Gasteiger partial charge in [0.15, 0.2) is 0 Å². The molecule has 0 nitrogen and oxygen atoms in total. The second-order valence-corrected chi connectivity index (χ2v) is 16.8. The molecule has 0 saturated heterocycles. The molecule has 0 amide bonds. The van der Waals surface area contributed by atoms with E-state index in [2.05, 4.69) is 45.9 Å². The van der Waals surface area contributed by atoms with Gasteiger partial charge in [0.05, 0.1) is 0 Å². The van der Waals surface area contributed by atoms with Gasteiger partial charge in [-0.15, -0.1) is 26.5 Å². The number of hydrogen-bond donors (Lipinski definition) is 0. The molecule has 0 N–H and O–H groups in total. The molecule has 0 aromatic heterocycles. The molecule has 245 valence electrons. The molecular weight excluding hydrogens is 577 g/mol. The zero-order valence-corrected chi connectivity index (χ0v) is 30.6. The third-order valence-electron chi connectivity index (χ3n) is 8.13. The van der Waals surface area contributed by atoms with Crippen molar-refractivity contribution >= 4 is 26.5 Å². The fourth-order valence-corrected chi connectivity index (χ4v) is 11.7. The Morgan fingerprint density at radius 1 is 0.488 bits per heavy atom. The Labute approximate surface area is 271 Å². The van der Waals surface area contributed by atoms with Crippen LogP contribution >= 0.6 is 15.8 Å². The van der Waals surface area contributed by atoms with Crippen molar-refractivity contribution in [2.75, 3.05) is 24.6 Å². The van der Waals surface area contributed by atoms with E-state index in [1.54, 1.807) is 0 Å². The third kappa shape index (κ3) is 22.3. The number of unbranched alkanes of at least 4 members (excludes halogenated alkanes) is 16. The minimum atomic E-state index is 0. The van der Waals surface area contributed by atoms with Gasteiger partial charge in [-0.25, -0.2) is 12.1 Å². The van der Waals surface area contributed by atoms with Crippen LogP contribution in [-0.2, 0) is 16.8 Å². The van der Waals surface area contributed by atoms with E-state index in [1.807, 2.05) is 40.9 Å². The maximum Gasteiger partial charge on any atom is 0 e. The minimum Gasteiger partial charge on any atom is -0.748 e. The van der Waals surface area contributed by atoms with Crippen molar-refractivity contribution in [2.24, 2.45) is 0 Å². The molecule has 0 atom stereocenters. The first-order chi connectivity index (χ1) is 19.8. The second-order valence-electron chi connectivity index (χ2n) is 11.9. The van der Waals surface area contributed by atoms with Crippen molar-refractivity contribution in [3.8, 4) is 0 Å². The molecule has 2 aromatic rings. The molecule has 0 spiro atoms. The van der Waals surface area contributed by atoms with Crippen LogP contribution < -0.4 is 10.6 Å². The summed E-state index contributed by atoms with van der Waals surface area (Å²) in [4.78, 5) is 0. The van der Waals surface area contributed by atoms with Crippen LogP contribution in [0.15, 0.2) is 48.5 Å². The summed E-state index contributed by atoms with van der Waals surface area (Å²) in [7, 11) is 0.108. The zero-order chi connectivity index (χ0) is 28.9. The van der Waals surface area contributed by atoms with Crippen LogP contribution in [0.1, 0.15) is 156 Å². The van der Waals surface area contributed by atoms with E-state index >= 15 is 0 Å². The summed E-state index contributed by atoms with van der Waals surface area (Å²) in [6.07, 6.45) is 34.7. The monoisotopic (exact) mass is 645 g/mol.